The molecule has 0 N–H and O–H groups in total. The van der Waals surface area contributed by atoms with E-state index >= 15 is 0 Å². The van der Waals surface area contributed by atoms with Gasteiger partial charge in [0.2, 0.25) is 0 Å². The molecule has 1 unspecified atom stereocenters. The van der Waals surface area contributed by atoms with Crippen molar-refractivity contribution in [2.45, 2.75) is 13.0 Å². The van der Waals surface area contributed by atoms with Gasteiger partial charge in [-0.25, -0.2) is 9.10 Å². The fraction of sp³-hybridized carbons (Fsp3) is 0.600. The summed E-state index contributed by atoms with van der Waals surface area (Å²) >= 11 is 0.921. The Bertz CT molecular complexity index is 282. The zero-order valence-electron chi connectivity index (χ0n) is 9.18. The Morgan fingerprint density at radius 2 is 2.44 bits per heavy atom. The van der Waals surface area contributed by atoms with Crippen molar-refractivity contribution in [3.63, 3.8) is 0 Å². The topological polar surface area (TPSA) is 55.8 Å². The number of morpholine rings is 1. The maximum Gasteiger partial charge on any atom is 0.383 e. The maximum atomic E-state index is 11.3. The highest BCUT2D eigenvalue weighted by atomic mass is 32.2. The lowest BCUT2D eigenvalue weighted by atomic mass is 10.2. The normalized spacial score (nSPS) is 21.4. The predicted octanol–water partition coefficient (Wildman–Crippen LogP) is 1.25. The average Bonchev–Trinajstić information content (AvgIpc) is 2.27. The summed E-state index contributed by atoms with van der Waals surface area (Å²) in [6.07, 6.45) is 1.50. The van der Waals surface area contributed by atoms with E-state index in [0.29, 0.717) is 19.8 Å². The van der Waals surface area contributed by atoms with Crippen molar-refractivity contribution in [1.82, 2.24) is 4.31 Å². The summed E-state index contributed by atoms with van der Waals surface area (Å²) in [6, 6.07) is -0.366. The van der Waals surface area contributed by atoms with Crippen molar-refractivity contribution < 1.29 is 19.1 Å². The van der Waals surface area contributed by atoms with E-state index in [-0.39, 0.29) is 18.4 Å². The van der Waals surface area contributed by atoms with Crippen LogP contribution in [0.4, 0.5) is 4.79 Å². The van der Waals surface area contributed by atoms with Crippen LogP contribution >= 0.6 is 11.9 Å². The van der Waals surface area contributed by atoms with Crippen LogP contribution in [0.15, 0.2) is 12.7 Å². The molecule has 1 saturated heterocycles. The number of hydrogen-bond donors (Lipinski definition) is 0. The highest BCUT2D eigenvalue weighted by molar-refractivity contribution is 8.11. The lowest BCUT2D eigenvalue weighted by Gasteiger charge is -2.31. The second-order valence-corrected chi connectivity index (χ2v) is 4.27. The number of carbonyl (C=O) groups is 2. The summed E-state index contributed by atoms with van der Waals surface area (Å²) in [5, 5.41) is -0.423. The molecule has 0 saturated carbocycles. The fourth-order valence-corrected chi connectivity index (χ4v) is 2.08. The molecular weight excluding hydrogens is 230 g/mol. The molecule has 1 atom stereocenters. The van der Waals surface area contributed by atoms with Crippen LogP contribution in [0.1, 0.15) is 6.92 Å². The Balaban J connectivity index is 2.46. The number of Topliss-reactive ketones (excluding diaryl/α,β-unsaturated/α-hetero) is 1. The first-order chi connectivity index (χ1) is 7.65. The molecule has 90 valence electrons. The van der Waals surface area contributed by atoms with Gasteiger partial charge in [0.05, 0.1) is 13.2 Å². The zero-order valence-corrected chi connectivity index (χ0v) is 10.00. The van der Waals surface area contributed by atoms with Crippen molar-refractivity contribution in [2.75, 3.05) is 26.4 Å². The van der Waals surface area contributed by atoms with Crippen molar-refractivity contribution in [3.05, 3.63) is 12.7 Å². The van der Waals surface area contributed by atoms with E-state index in [1.54, 1.807) is 4.31 Å². The van der Waals surface area contributed by atoms with Crippen LogP contribution in [0, 0.1) is 0 Å². The molecular formula is C10H15NO4S. The fourth-order valence-electron chi connectivity index (χ4n) is 1.27. The summed E-state index contributed by atoms with van der Waals surface area (Å²) in [7, 11) is 0. The van der Waals surface area contributed by atoms with Crippen molar-refractivity contribution in [2.24, 2.45) is 0 Å². The van der Waals surface area contributed by atoms with Gasteiger partial charge in [-0.15, -0.1) is 0 Å². The van der Waals surface area contributed by atoms with Crippen LogP contribution in [0.25, 0.3) is 0 Å². The van der Waals surface area contributed by atoms with Crippen LogP contribution in [0.2, 0.25) is 0 Å². The molecule has 0 bridgehead atoms. The van der Waals surface area contributed by atoms with Crippen LogP contribution in [-0.2, 0) is 14.3 Å². The molecule has 1 heterocycles. The Hall–Kier alpha value is -0.850. The standard InChI is InChI=1S/C10H15NO4S/c1-3-5-15-10(13)16-11-4-6-14-7-9(11)8(2)12/h3,9H,1,4-7H2,2H3. The van der Waals surface area contributed by atoms with E-state index in [4.69, 9.17) is 9.47 Å². The minimum absolute atomic E-state index is 0.0104. The molecule has 0 aromatic rings. The third kappa shape index (κ3) is 3.96. The van der Waals surface area contributed by atoms with Crippen LogP contribution < -0.4 is 0 Å². The Kier molecular flexibility index (Phi) is 5.51. The summed E-state index contributed by atoms with van der Waals surface area (Å²) in [6.45, 7) is 6.51. The quantitative estimate of drug-likeness (QED) is 0.422. The zero-order chi connectivity index (χ0) is 12.0. The summed E-state index contributed by atoms with van der Waals surface area (Å²) in [5.74, 6) is -0.0104. The SMILES string of the molecule is C=CCOC(=O)SN1CCOCC1C(C)=O. The van der Waals surface area contributed by atoms with Crippen molar-refractivity contribution in [3.8, 4) is 0 Å². The van der Waals surface area contributed by atoms with E-state index in [1.165, 1.54) is 13.0 Å². The van der Waals surface area contributed by atoms with Crippen molar-refractivity contribution in [1.29, 1.82) is 0 Å². The second-order valence-electron chi connectivity index (χ2n) is 3.28. The van der Waals surface area contributed by atoms with Gasteiger partial charge in [0, 0.05) is 18.5 Å². The van der Waals surface area contributed by atoms with Gasteiger partial charge in [0.1, 0.15) is 18.4 Å². The summed E-state index contributed by atoms with van der Waals surface area (Å²) in [4.78, 5) is 22.6. The highest BCUT2D eigenvalue weighted by Gasteiger charge is 2.29. The minimum atomic E-state index is -0.423. The highest BCUT2D eigenvalue weighted by Crippen LogP contribution is 2.20. The summed E-state index contributed by atoms with van der Waals surface area (Å²) < 4.78 is 11.7. The molecule has 0 aromatic carbocycles. The first kappa shape index (κ1) is 13.2. The molecule has 0 spiro atoms. The molecule has 0 radical (unpaired) electrons. The Labute approximate surface area is 98.9 Å². The van der Waals surface area contributed by atoms with Gasteiger partial charge in [-0.05, 0) is 6.92 Å². The number of hydrogen-bond acceptors (Lipinski definition) is 6. The average molecular weight is 245 g/mol. The predicted molar refractivity (Wildman–Crippen MR) is 61.1 cm³/mol. The monoisotopic (exact) mass is 245 g/mol. The third-order valence-electron chi connectivity index (χ3n) is 2.06. The van der Waals surface area contributed by atoms with Gasteiger partial charge >= 0.3 is 5.30 Å². The van der Waals surface area contributed by atoms with E-state index in [1.807, 2.05) is 0 Å². The number of ether oxygens (including phenoxy) is 2. The van der Waals surface area contributed by atoms with Crippen LogP contribution in [0.3, 0.4) is 0 Å². The third-order valence-corrected chi connectivity index (χ3v) is 3.00. The number of carbonyl (C=O) groups excluding carboxylic acids is 2. The van der Waals surface area contributed by atoms with Gasteiger partial charge < -0.3 is 9.47 Å². The molecule has 0 aromatic heterocycles. The first-order valence-corrected chi connectivity index (χ1v) is 5.73. The van der Waals surface area contributed by atoms with Gasteiger partial charge in [-0.1, -0.05) is 12.7 Å². The van der Waals surface area contributed by atoms with E-state index in [2.05, 4.69) is 6.58 Å². The number of rotatable bonds is 4. The van der Waals surface area contributed by atoms with Crippen LogP contribution in [0.5, 0.6) is 0 Å². The first-order valence-electron chi connectivity index (χ1n) is 4.95. The van der Waals surface area contributed by atoms with Crippen LogP contribution in [-0.4, -0.2) is 47.8 Å². The second kappa shape index (κ2) is 6.67. The molecule has 1 aliphatic heterocycles. The Morgan fingerprint density at radius 1 is 1.69 bits per heavy atom. The lowest BCUT2D eigenvalue weighted by Crippen LogP contribution is -2.45. The summed E-state index contributed by atoms with van der Waals surface area (Å²) in [5.41, 5.74) is 0. The molecule has 0 aliphatic carbocycles. The molecule has 1 rings (SSSR count). The van der Waals surface area contributed by atoms with E-state index < -0.39 is 5.30 Å². The maximum absolute atomic E-state index is 11.3. The molecule has 1 aliphatic rings. The Morgan fingerprint density at radius 3 is 3.06 bits per heavy atom. The molecule has 0 amide bonds. The smallest absolute Gasteiger partial charge is 0.383 e. The van der Waals surface area contributed by atoms with E-state index in [0.717, 1.165) is 11.9 Å². The van der Waals surface area contributed by atoms with E-state index in [9.17, 15) is 9.59 Å². The largest absolute Gasteiger partial charge is 0.452 e. The number of ketones is 1. The minimum Gasteiger partial charge on any atom is -0.452 e. The lowest BCUT2D eigenvalue weighted by molar-refractivity contribution is -0.124. The van der Waals surface area contributed by atoms with Gasteiger partial charge in [0.15, 0.2) is 0 Å². The molecule has 16 heavy (non-hydrogen) atoms. The molecule has 6 heteroatoms. The number of nitrogens with zero attached hydrogens (tertiary/aromatic N) is 1. The van der Waals surface area contributed by atoms with Gasteiger partial charge in [-0.3, -0.25) is 4.79 Å². The molecule has 1 fully saturated rings. The van der Waals surface area contributed by atoms with Gasteiger partial charge in [0.25, 0.3) is 0 Å². The molecule has 5 nitrogen and oxygen atoms in total. The van der Waals surface area contributed by atoms with Gasteiger partial charge in [-0.2, -0.15) is 0 Å². The van der Waals surface area contributed by atoms with Crippen molar-refractivity contribution >= 4 is 23.0 Å².